The van der Waals surface area contributed by atoms with Gasteiger partial charge in [0, 0.05) is 18.8 Å². The van der Waals surface area contributed by atoms with Crippen LogP contribution in [0.25, 0.3) is 0 Å². The number of hydrogen-bond donors (Lipinski definition) is 1. The fourth-order valence-corrected chi connectivity index (χ4v) is 5.52. The predicted octanol–water partition coefficient (Wildman–Crippen LogP) is 4.67. The number of fused-ring (bicyclic) bond motifs is 5. The molecule has 3 aliphatic carbocycles. The third-order valence-corrected chi connectivity index (χ3v) is 6.53. The van der Waals surface area contributed by atoms with Crippen molar-refractivity contribution in [1.29, 1.82) is 0 Å². The minimum absolute atomic E-state index is 0.0919. The van der Waals surface area contributed by atoms with Crippen LogP contribution in [-0.4, -0.2) is 11.0 Å². The predicted molar refractivity (Wildman–Crippen MR) is 81.9 cm³/mol. The highest BCUT2D eigenvalue weighted by atomic mass is 35.5. The number of alkyl halides is 3. The van der Waals surface area contributed by atoms with Gasteiger partial charge in [0.25, 0.3) is 0 Å². The summed E-state index contributed by atoms with van der Waals surface area (Å²) in [5, 5.41) is 3.60. The Kier molecular flexibility index (Phi) is 3.84. The quantitative estimate of drug-likeness (QED) is 0.862. The second-order valence-corrected chi connectivity index (χ2v) is 7.70. The lowest BCUT2D eigenvalue weighted by Crippen LogP contribution is -2.39. The number of rotatable bonds is 3. The van der Waals surface area contributed by atoms with Crippen molar-refractivity contribution >= 4 is 11.6 Å². The van der Waals surface area contributed by atoms with Crippen LogP contribution in [-0.2, 0) is 12.7 Å². The Labute approximate surface area is 138 Å². The molecule has 23 heavy (non-hydrogen) atoms. The summed E-state index contributed by atoms with van der Waals surface area (Å²) in [6, 6.07) is 1.44. The van der Waals surface area contributed by atoms with E-state index in [-0.39, 0.29) is 5.02 Å². The van der Waals surface area contributed by atoms with Gasteiger partial charge < -0.3 is 5.32 Å². The molecule has 0 radical (unpaired) electrons. The zero-order valence-corrected chi connectivity index (χ0v) is 13.5. The Bertz CT molecular complexity index is 604. The lowest BCUT2D eigenvalue weighted by atomic mass is 9.79. The summed E-state index contributed by atoms with van der Waals surface area (Å²) >= 11 is 5.99. The van der Waals surface area contributed by atoms with Crippen molar-refractivity contribution in [1.82, 2.24) is 10.3 Å². The summed E-state index contributed by atoms with van der Waals surface area (Å²) < 4.78 is 37.9. The molecule has 1 N–H and O–H groups in total. The van der Waals surface area contributed by atoms with Gasteiger partial charge in [-0.25, -0.2) is 0 Å². The highest BCUT2D eigenvalue weighted by Crippen LogP contribution is 2.58. The van der Waals surface area contributed by atoms with Gasteiger partial charge in [0.15, 0.2) is 0 Å². The number of nitrogens with zero attached hydrogens (tertiary/aromatic N) is 1. The van der Waals surface area contributed by atoms with E-state index in [9.17, 15) is 13.2 Å². The number of halogens is 4. The highest BCUT2D eigenvalue weighted by molar-refractivity contribution is 6.31. The molecular formula is C17H20ClF3N2. The lowest BCUT2D eigenvalue weighted by Gasteiger charge is -2.32. The first-order valence-electron chi connectivity index (χ1n) is 8.38. The normalized spacial score (nSPS) is 35.7. The summed E-state index contributed by atoms with van der Waals surface area (Å²) in [6.45, 7) is 0.447. The van der Waals surface area contributed by atoms with E-state index in [1.807, 2.05) is 0 Å². The van der Waals surface area contributed by atoms with E-state index in [4.69, 9.17) is 11.6 Å². The van der Waals surface area contributed by atoms with Gasteiger partial charge in [-0.15, -0.1) is 0 Å². The van der Waals surface area contributed by atoms with Crippen molar-refractivity contribution in [3.63, 3.8) is 0 Å². The smallest absolute Gasteiger partial charge is 0.308 e. The molecule has 5 atom stereocenters. The molecule has 1 heterocycles. The average Bonchev–Trinajstić information content (AvgIpc) is 3.17. The standard InChI is InChI=1S/C17H20ClF3N2/c18-14-6-10(17(19,20)21)7-22-16(14)8-23-15-5-9-4-13(15)12-3-1-2-11(9)12/h6-7,9,11-13,15,23H,1-5,8H2. The second-order valence-electron chi connectivity index (χ2n) is 7.29. The fraction of sp³-hybridized carbons (Fsp3) is 0.706. The Balaban J connectivity index is 1.40. The van der Waals surface area contributed by atoms with Gasteiger partial charge in [0.05, 0.1) is 16.3 Å². The zero-order valence-electron chi connectivity index (χ0n) is 12.7. The van der Waals surface area contributed by atoms with Gasteiger partial charge in [0.2, 0.25) is 0 Å². The molecule has 3 fully saturated rings. The number of hydrogen-bond acceptors (Lipinski definition) is 2. The third kappa shape index (κ3) is 2.76. The maximum atomic E-state index is 12.6. The zero-order chi connectivity index (χ0) is 16.2. The van der Waals surface area contributed by atoms with E-state index in [0.29, 0.717) is 18.3 Å². The van der Waals surface area contributed by atoms with Crippen LogP contribution >= 0.6 is 11.6 Å². The number of aromatic nitrogens is 1. The highest BCUT2D eigenvalue weighted by Gasteiger charge is 2.53. The van der Waals surface area contributed by atoms with Crippen LogP contribution in [0, 0.1) is 23.7 Å². The third-order valence-electron chi connectivity index (χ3n) is 6.21. The van der Waals surface area contributed by atoms with Crippen LogP contribution in [0.3, 0.4) is 0 Å². The van der Waals surface area contributed by atoms with Crippen molar-refractivity contribution < 1.29 is 13.2 Å². The minimum Gasteiger partial charge on any atom is -0.308 e. The Morgan fingerprint density at radius 1 is 1.17 bits per heavy atom. The van der Waals surface area contributed by atoms with Gasteiger partial charge in [-0.1, -0.05) is 18.0 Å². The van der Waals surface area contributed by atoms with Crippen LogP contribution in [0.15, 0.2) is 12.3 Å². The molecule has 0 aromatic carbocycles. The molecule has 4 rings (SSSR count). The van der Waals surface area contributed by atoms with Gasteiger partial charge in [-0.3, -0.25) is 4.98 Å². The molecule has 1 aromatic rings. The van der Waals surface area contributed by atoms with E-state index in [1.165, 1.54) is 32.1 Å². The van der Waals surface area contributed by atoms with Crippen molar-refractivity contribution in [2.24, 2.45) is 23.7 Å². The Morgan fingerprint density at radius 2 is 1.96 bits per heavy atom. The van der Waals surface area contributed by atoms with Gasteiger partial charge in [-0.2, -0.15) is 13.2 Å². The molecule has 0 amide bonds. The molecule has 0 saturated heterocycles. The first kappa shape index (κ1) is 15.7. The molecule has 5 unspecified atom stereocenters. The molecule has 0 spiro atoms. The minimum atomic E-state index is -4.40. The van der Waals surface area contributed by atoms with Crippen LogP contribution in [0.5, 0.6) is 0 Å². The Hall–Kier alpha value is -0.810. The molecule has 1 aromatic heterocycles. The van der Waals surface area contributed by atoms with E-state index in [1.54, 1.807) is 0 Å². The van der Waals surface area contributed by atoms with Crippen LogP contribution < -0.4 is 5.32 Å². The Morgan fingerprint density at radius 3 is 2.70 bits per heavy atom. The van der Waals surface area contributed by atoms with E-state index in [0.717, 1.165) is 35.9 Å². The van der Waals surface area contributed by atoms with Crippen molar-refractivity contribution in [2.45, 2.75) is 50.9 Å². The summed E-state index contributed by atoms with van der Waals surface area (Å²) in [6.07, 6.45) is 3.10. The summed E-state index contributed by atoms with van der Waals surface area (Å²) in [4.78, 5) is 3.92. The van der Waals surface area contributed by atoms with Crippen LogP contribution in [0.2, 0.25) is 5.02 Å². The summed E-state index contributed by atoms with van der Waals surface area (Å²) in [5.74, 6) is 3.38. The average molecular weight is 345 g/mol. The molecule has 2 bridgehead atoms. The van der Waals surface area contributed by atoms with Gasteiger partial charge in [-0.05, 0) is 55.4 Å². The summed E-state index contributed by atoms with van der Waals surface area (Å²) in [7, 11) is 0. The van der Waals surface area contributed by atoms with Crippen LogP contribution in [0.1, 0.15) is 43.4 Å². The van der Waals surface area contributed by atoms with Crippen molar-refractivity contribution in [3.8, 4) is 0 Å². The SMILES string of the molecule is FC(F)(F)c1cnc(CNC2CC3CC2C2CCCC32)c(Cl)c1. The molecule has 126 valence electrons. The molecule has 0 aliphatic heterocycles. The molecule has 3 saturated carbocycles. The summed E-state index contributed by atoms with van der Waals surface area (Å²) in [5.41, 5.74) is -0.287. The van der Waals surface area contributed by atoms with Crippen molar-refractivity contribution in [2.75, 3.05) is 0 Å². The molecular weight excluding hydrogens is 325 g/mol. The number of pyridine rings is 1. The largest absolute Gasteiger partial charge is 0.417 e. The molecule has 2 nitrogen and oxygen atoms in total. The van der Waals surface area contributed by atoms with Gasteiger partial charge >= 0.3 is 6.18 Å². The van der Waals surface area contributed by atoms with E-state index >= 15 is 0 Å². The van der Waals surface area contributed by atoms with E-state index < -0.39 is 11.7 Å². The fourth-order valence-electron chi connectivity index (χ4n) is 5.28. The first-order chi connectivity index (χ1) is 10.9. The first-order valence-corrected chi connectivity index (χ1v) is 8.76. The molecule has 6 heteroatoms. The monoisotopic (exact) mass is 344 g/mol. The molecule has 3 aliphatic rings. The number of nitrogens with one attached hydrogen (secondary N) is 1. The topological polar surface area (TPSA) is 24.9 Å². The second kappa shape index (κ2) is 5.62. The maximum Gasteiger partial charge on any atom is 0.417 e. The maximum absolute atomic E-state index is 12.6. The van der Waals surface area contributed by atoms with Crippen LogP contribution in [0.4, 0.5) is 13.2 Å². The van der Waals surface area contributed by atoms with E-state index in [2.05, 4.69) is 10.3 Å². The van der Waals surface area contributed by atoms with Gasteiger partial charge in [0.1, 0.15) is 0 Å². The van der Waals surface area contributed by atoms with Crippen molar-refractivity contribution in [3.05, 3.63) is 28.5 Å². The lowest BCUT2D eigenvalue weighted by molar-refractivity contribution is -0.137.